The Labute approximate surface area is 98.9 Å². The molecule has 1 aromatic rings. The van der Waals surface area contributed by atoms with Crippen molar-refractivity contribution >= 4 is 5.69 Å². The summed E-state index contributed by atoms with van der Waals surface area (Å²) in [6.45, 7) is 7.70. The molecule has 0 bridgehead atoms. The Morgan fingerprint density at radius 2 is 1.94 bits per heavy atom. The van der Waals surface area contributed by atoms with Crippen molar-refractivity contribution in [2.45, 2.75) is 33.2 Å². The first-order valence-corrected chi connectivity index (χ1v) is 6.15. The highest BCUT2D eigenvalue weighted by Crippen LogP contribution is 2.09. The van der Waals surface area contributed by atoms with Gasteiger partial charge in [-0.25, -0.2) is 0 Å². The SMILES string of the molecule is CCCN(CCC)Cc1cc(NC)ccn1. The third-order valence-corrected chi connectivity index (χ3v) is 2.57. The molecule has 0 radical (unpaired) electrons. The van der Waals surface area contributed by atoms with E-state index >= 15 is 0 Å². The second-order valence-corrected chi connectivity index (χ2v) is 4.06. The first-order valence-electron chi connectivity index (χ1n) is 6.15. The molecule has 0 atom stereocenters. The molecule has 0 fully saturated rings. The van der Waals surface area contributed by atoms with Gasteiger partial charge in [-0.1, -0.05) is 13.8 Å². The number of nitrogens with one attached hydrogen (secondary N) is 1. The van der Waals surface area contributed by atoms with Gasteiger partial charge in [-0.3, -0.25) is 9.88 Å². The molecule has 1 N–H and O–H groups in total. The highest BCUT2D eigenvalue weighted by atomic mass is 15.1. The fraction of sp³-hybridized carbons (Fsp3) is 0.615. The topological polar surface area (TPSA) is 28.2 Å². The summed E-state index contributed by atoms with van der Waals surface area (Å²) >= 11 is 0. The molecule has 0 aromatic carbocycles. The molecule has 0 saturated heterocycles. The molecule has 3 nitrogen and oxygen atoms in total. The molecule has 90 valence electrons. The van der Waals surface area contributed by atoms with E-state index in [9.17, 15) is 0 Å². The van der Waals surface area contributed by atoms with Crippen molar-refractivity contribution < 1.29 is 0 Å². The minimum atomic E-state index is 0.956. The van der Waals surface area contributed by atoms with Crippen LogP contribution in [0.3, 0.4) is 0 Å². The second-order valence-electron chi connectivity index (χ2n) is 4.06. The largest absolute Gasteiger partial charge is 0.388 e. The smallest absolute Gasteiger partial charge is 0.0564 e. The lowest BCUT2D eigenvalue weighted by atomic mass is 10.2. The molecule has 1 heterocycles. The van der Waals surface area contributed by atoms with E-state index in [-0.39, 0.29) is 0 Å². The van der Waals surface area contributed by atoms with Crippen LogP contribution in [0.25, 0.3) is 0 Å². The van der Waals surface area contributed by atoms with Crippen molar-refractivity contribution in [1.29, 1.82) is 0 Å². The van der Waals surface area contributed by atoms with Crippen LogP contribution in [0.1, 0.15) is 32.4 Å². The summed E-state index contributed by atoms with van der Waals surface area (Å²) < 4.78 is 0. The quantitative estimate of drug-likeness (QED) is 0.767. The van der Waals surface area contributed by atoms with Crippen molar-refractivity contribution in [3.8, 4) is 0 Å². The zero-order valence-electron chi connectivity index (χ0n) is 10.7. The van der Waals surface area contributed by atoms with Gasteiger partial charge in [0.1, 0.15) is 0 Å². The number of nitrogens with zero attached hydrogens (tertiary/aromatic N) is 2. The number of hydrogen-bond acceptors (Lipinski definition) is 3. The third-order valence-electron chi connectivity index (χ3n) is 2.57. The summed E-state index contributed by atoms with van der Waals surface area (Å²) in [5, 5.41) is 3.15. The van der Waals surface area contributed by atoms with E-state index in [2.05, 4.69) is 35.1 Å². The summed E-state index contributed by atoms with van der Waals surface area (Å²) in [5.74, 6) is 0. The van der Waals surface area contributed by atoms with E-state index in [1.807, 2.05) is 19.3 Å². The van der Waals surface area contributed by atoms with Crippen molar-refractivity contribution in [3.05, 3.63) is 24.0 Å². The van der Waals surface area contributed by atoms with Gasteiger partial charge in [0.15, 0.2) is 0 Å². The lowest BCUT2D eigenvalue weighted by molar-refractivity contribution is 0.263. The van der Waals surface area contributed by atoms with Crippen LogP contribution >= 0.6 is 0 Å². The van der Waals surface area contributed by atoms with Crippen LogP contribution in [0.2, 0.25) is 0 Å². The fourth-order valence-corrected chi connectivity index (χ4v) is 1.85. The van der Waals surface area contributed by atoms with Crippen LogP contribution < -0.4 is 5.32 Å². The molecule has 0 aliphatic heterocycles. The van der Waals surface area contributed by atoms with Gasteiger partial charge in [0, 0.05) is 25.5 Å². The molecule has 1 aromatic heterocycles. The first kappa shape index (κ1) is 13.0. The Morgan fingerprint density at radius 1 is 1.25 bits per heavy atom. The monoisotopic (exact) mass is 221 g/mol. The van der Waals surface area contributed by atoms with Crippen molar-refractivity contribution in [1.82, 2.24) is 9.88 Å². The minimum absolute atomic E-state index is 0.956. The first-order chi connectivity index (χ1) is 7.80. The molecule has 16 heavy (non-hydrogen) atoms. The average Bonchev–Trinajstić information content (AvgIpc) is 2.30. The number of rotatable bonds is 7. The zero-order valence-corrected chi connectivity index (χ0v) is 10.7. The van der Waals surface area contributed by atoms with Crippen molar-refractivity contribution in [2.24, 2.45) is 0 Å². The summed E-state index contributed by atoms with van der Waals surface area (Å²) in [6.07, 6.45) is 4.27. The summed E-state index contributed by atoms with van der Waals surface area (Å²) in [4.78, 5) is 6.87. The molecule has 0 aliphatic carbocycles. The molecule has 1 rings (SSSR count). The summed E-state index contributed by atoms with van der Waals surface area (Å²) in [7, 11) is 1.94. The highest BCUT2D eigenvalue weighted by Gasteiger charge is 2.05. The Hall–Kier alpha value is -1.09. The highest BCUT2D eigenvalue weighted by molar-refractivity contribution is 5.42. The van der Waals surface area contributed by atoms with E-state index in [1.165, 1.54) is 12.8 Å². The van der Waals surface area contributed by atoms with Gasteiger partial charge in [0.05, 0.1) is 5.69 Å². The maximum Gasteiger partial charge on any atom is 0.0564 e. The van der Waals surface area contributed by atoms with Crippen LogP contribution in [0.4, 0.5) is 5.69 Å². The number of hydrogen-bond donors (Lipinski definition) is 1. The van der Waals surface area contributed by atoms with E-state index in [0.29, 0.717) is 0 Å². The van der Waals surface area contributed by atoms with Gasteiger partial charge in [-0.2, -0.15) is 0 Å². The van der Waals surface area contributed by atoms with E-state index in [1.54, 1.807) is 0 Å². The predicted molar refractivity (Wildman–Crippen MR) is 69.6 cm³/mol. The summed E-state index contributed by atoms with van der Waals surface area (Å²) in [6, 6.07) is 4.12. The average molecular weight is 221 g/mol. The zero-order chi connectivity index (χ0) is 11.8. The number of pyridine rings is 1. The van der Waals surface area contributed by atoms with Crippen LogP contribution in [0, 0.1) is 0 Å². The molecule has 0 amide bonds. The molecule has 0 unspecified atom stereocenters. The van der Waals surface area contributed by atoms with Gasteiger partial charge in [-0.15, -0.1) is 0 Å². The van der Waals surface area contributed by atoms with E-state index in [0.717, 1.165) is 31.0 Å². The predicted octanol–water partition coefficient (Wildman–Crippen LogP) is 2.75. The minimum Gasteiger partial charge on any atom is -0.388 e. The second kappa shape index (κ2) is 7.23. The maximum absolute atomic E-state index is 4.41. The standard InChI is InChI=1S/C13H23N3/c1-4-8-16(9-5-2)11-13-10-12(14-3)6-7-15-13/h6-7,10H,4-5,8-9,11H2,1-3H3,(H,14,15). The molecule has 0 aliphatic rings. The van der Waals surface area contributed by atoms with Crippen LogP contribution in [0.15, 0.2) is 18.3 Å². The molecular formula is C13H23N3. The van der Waals surface area contributed by atoms with Gasteiger partial charge in [0.2, 0.25) is 0 Å². The number of aromatic nitrogens is 1. The van der Waals surface area contributed by atoms with Gasteiger partial charge >= 0.3 is 0 Å². The van der Waals surface area contributed by atoms with Crippen molar-refractivity contribution in [2.75, 3.05) is 25.5 Å². The molecule has 0 saturated carbocycles. The number of anilines is 1. The van der Waals surface area contributed by atoms with Crippen molar-refractivity contribution in [3.63, 3.8) is 0 Å². The molecule has 0 spiro atoms. The van der Waals surface area contributed by atoms with E-state index < -0.39 is 0 Å². The van der Waals surface area contributed by atoms with Gasteiger partial charge in [0.25, 0.3) is 0 Å². The normalized spacial score (nSPS) is 10.8. The van der Waals surface area contributed by atoms with Crippen LogP contribution in [0.5, 0.6) is 0 Å². The summed E-state index contributed by atoms with van der Waals surface area (Å²) in [5.41, 5.74) is 2.28. The molecule has 3 heteroatoms. The Kier molecular flexibility index (Phi) is 5.86. The van der Waals surface area contributed by atoms with Crippen LogP contribution in [-0.2, 0) is 6.54 Å². The van der Waals surface area contributed by atoms with Crippen LogP contribution in [-0.4, -0.2) is 30.0 Å². The molecular weight excluding hydrogens is 198 g/mol. The maximum atomic E-state index is 4.41. The Balaban J connectivity index is 2.60. The third kappa shape index (κ3) is 4.19. The lowest BCUT2D eigenvalue weighted by Gasteiger charge is -2.20. The van der Waals surface area contributed by atoms with Gasteiger partial charge in [-0.05, 0) is 38.1 Å². The Morgan fingerprint density at radius 3 is 2.50 bits per heavy atom. The lowest BCUT2D eigenvalue weighted by Crippen LogP contribution is -2.25. The Bertz CT molecular complexity index is 293. The fourth-order valence-electron chi connectivity index (χ4n) is 1.85. The van der Waals surface area contributed by atoms with E-state index in [4.69, 9.17) is 0 Å². The van der Waals surface area contributed by atoms with Gasteiger partial charge < -0.3 is 5.32 Å².